The van der Waals surface area contributed by atoms with Crippen LogP contribution in [0, 0.1) is 17.3 Å². The fourth-order valence-electron chi connectivity index (χ4n) is 3.67. The van der Waals surface area contributed by atoms with Crippen LogP contribution in [-0.4, -0.2) is 25.0 Å². The van der Waals surface area contributed by atoms with Crippen LogP contribution in [0.4, 0.5) is 0 Å². The molecule has 1 saturated heterocycles. The van der Waals surface area contributed by atoms with Crippen molar-refractivity contribution in [2.75, 3.05) is 20.1 Å². The van der Waals surface area contributed by atoms with Crippen LogP contribution in [0.3, 0.4) is 0 Å². The molecule has 2 rings (SSSR count). The first-order valence-corrected chi connectivity index (χ1v) is 6.78. The van der Waals surface area contributed by atoms with Gasteiger partial charge in [-0.05, 0) is 50.0 Å². The van der Waals surface area contributed by atoms with Gasteiger partial charge in [-0.15, -0.1) is 0 Å². The van der Waals surface area contributed by atoms with Crippen molar-refractivity contribution in [3.63, 3.8) is 0 Å². The molecule has 0 amide bonds. The molecule has 0 aromatic carbocycles. The molecule has 0 radical (unpaired) electrons. The maximum Gasteiger partial charge on any atom is 0.00350 e. The Kier molecular flexibility index (Phi) is 3.39. The maximum absolute atomic E-state index is 2.59. The van der Waals surface area contributed by atoms with Gasteiger partial charge in [0.1, 0.15) is 0 Å². The summed E-state index contributed by atoms with van der Waals surface area (Å²) in [5.41, 5.74) is 0.700. The SMILES string of the molecule is CC1CCC2(CC1)CCC(C)CN(C)C2. The summed E-state index contributed by atoms with van der Waals surface area (Å²) in [6.45, 7) is 7.53. The van der Waals surface area contributed by atoms with Gasteiger partial charge in [-0.3, -0.25) is 0 Å². The van der Waals surface area contributed by atoms with Gasteiger partial charge in [0.2, 0.25) is 0 Å². The zero-order valence-electron chi connectivity index (χ0n) is 10.8. The molecule has 1 spiro atoms. The van der Waals surface area contributed by atoms with Crippen LogP contribution >= 0.6 is 0 Å². The van der Waals surface area contributed by atoms with Gasteiger partial charge < -0.3 is 4.90 Å². The van der Waals surface area contributed by atoms with Crippen molar-refractivity contribution < 1.29 is 0 Å². The van der Waals surface area contributed by atoms with Gasteiger partial charge in [-0.1, -0.05) is 26.7 Å². The van der Waals surface area contributed by atoms with Crippen LogP contribution < -0.4 is 0 Å². The molecule has 1 aliphatic heterocycles. The van der Waals surface area contributed by atoms with Crippen molar-refractivity contribution in [2.24, 2.45) is 17.3 Å². The first-order valence-electron chi connectivity index (χ1n) is 6.78. The third kappa shape index (κ3) is 2.75. The molecule has 1 unspecified atom stereocenters. The lowest BCUT2D eigenvalue weighted by atomic mass is 9.68. The number of nitrogens with zero attached hydrogens (tertiary/aromatic N) is 1. The highest BCUT2D eigenvalue weighted by atomic mass is 15.1. The van der Waals surface area contributed by atoms with E-state index in [0.717, 1.165) is 11.8 Å². The topological polar surface area (TPSA) is 3.24 Å². The average molecular weight is 209 g/mol. The van der Waals surface area contributed by atoms with Gasteiger partial charge in [0, 0.05) is 13.1 Å². The van der Waals surface area contributed by atoms with E-state index < -0.39 is 0 Å². The van der Waals surface area contributed by atoms with Crippen molar-refractivity contribution in [1.29, 1.82) is 0 Å². The first-order chi connectivity index (χ1) is 7.10. The summed E-state index contributed by atoms with van der Waals surface area (Å²) in [5, 5.41) is 0. The van der Waals surface area contributed by atoms with E-state index in [2.05, 4.69) is 25.8 Å². The summed E-state index contributed by atoms with van der Waals surface area (Å²) in [6, 6.07) is 0. The Morgan fingerprint density at radius 3 is 2.07 bits per heavy atom. The average Bonchev–Trinajstić information content (AvgIpc) is 2.32. The van der Waals surface area contributed by atoms with Crippen molar-refractivity contribution in [1.82, 2.24) is 4.90 Å². The molecule has 0 aromatic heterocycles. The van der Waals surface area contributed by atoms with E-state index in [1.807, 2.05) is 0 Å². The van der Waals surface area contributed by atoms with Crippen molar-refractivity contribution >= 4 is 0 Å². The molecule has 2 fully saturated rings. The van der Waals surface area contributed by atoms with Crippen LogP contribution in [-0.2, 0) is 0 Å². The third-order valence-corrected chi connectivity index (χ3v) is 4.73. The molecule has 15 heavy (non-hydrogen) atoms. The van der Waals surface area contributed by atoms with Crippen molar-refractivity contribution in [2.45, 2.75) is 52.4 Å². The van der Waals surface area contributed by atoms with Gasteiger partial charge in [-0.25, -0.2) is 0 Å². The second-order valence-electron chi connectivity index (χ2n) is 6.52. The summed E-state index contributed by atoms with van der Waals surface area (Å²) in [4.78, 5) is 2.59. The molecular weight excluding hydrogens is 182 g/mol. The van der Waals surface area contributed by atoms with Crippen LogP contribution in [0.1, 0.15) is 52.4 Å². The summed E-state index contributed by atoms with van der Waals surface area (Å²) in [7, 11) is 2.32. The quantitative estimate of drug-likeness (QED) is 0.590. The highest BCUT2D eigenvalue weighted by Crippen LogP contribution is 2.44. The first kappa shape index (κ1) is 11.4. The lowest BCUT2D eigenvalue weighted by Crippen LogP contribution is -2.37. The predicted molar refractivity (Wildman–Crippen MR) is 66.0 cm³/mol. The standard InChI is InChI=1S/C14H27N/c1-12-4-7-14(8-5-12)9-6-13(2)10-15(3)11-14/h12-13H,4-11H2,1-3H3. The van der Waals surface area contributed by atoms with Gasteiger partial charge in [0.05, 0.1) is 0 Å². The minimum atomic E-state index is 0.700. The fraction of sp³-hybridized carbons (Fsp3) is 1.00. The fourth-order valence-corrected chi connectivity index (χ4v) is 3.67. The Labute approximate surface area is 95.2 Å². The monoisotopic (exact) mass is 209 g/mol. The Balaban J connectivity index is 2.00. The summed E-state index contributed by atoms with van der Waals surface area (Å²) < 4.78 is 0. The van der Waals surface area contributed by atoms with Gasteiger partial charge in [-0.2, -0.15) is 0 Å². The van der Waals surface area contributed by atoms with Crippen LogP contribution in [0.15, 0.2) is 0 Å². The Hall–Kier alpha value is -0.0400. The second-order valence-corrected chi connectivity index (χ2v) is 6.52. The zero-order valence-corrected chi connectivity index (χ0v) is 10.8. The molecule has 88 valence electrons. The summed E-state index contributed by atoms with van der Waals surface area (Å²) in [6.07, 6.45) is 8.88. The molecule has 0 bridgehead atoms. The zero-order chi connectivity index (χ0) is 10.9. The molecule has 1 nitrogen and oxygen atoms in total. The molecule has 1 atom stereocenters. The Bertz CT molecular complexity index is 203. The normalized spacial score (nSPS) is 44.2. The number of hydrogen-bond acceptors (Lipinski definition) is 1. The molecule has 0 N–H and O–H groups in total. The molecule has 1 saturated carbocycles. The smallest absolute Gasteiger partial charge is 0.00350 e. The Morgan fingerprint density at radius 1 is 0.933 bits per heavy atom. The second kappa shape index (κ2) is 4.45. The summed E-state index contributed by atoms with van der Waals surface area (Å²) in [5.74, 6) is 1.90. The van der Waals surface area contributed by atoms with E-state index >= 15 is 0 Å². The van der Waals surface area contributed by atoms with Gasteiger partial charge >= 0.3 is 0 Å². The summed E-state index contributed by atoms with van der Waals surface area (Å²) >= 11 is 0. The Morgan fingerprint density at radius 2 is 1.47 bits per heavy atom. The van der Waals surface area contributed by atoms with E-state index in [0.29, 0.717) is 5.41 Å². The number of hydrogen-bond donors (Lipinski definition) is 0. The lowest BCUT2D eigenvalue weighted by Gasteiger charge is -2.40. The highest BCUT2D eigenvalue weighted by molar-refractivity contribution is 4.89. The molecule has 2 aliphatic rings. The molecule has 1 heterocycles. The van der Waals surface area contributed by atoms with Gasteiger partial charge in [0.15, 0.2) is 0 Å². The van der Waals surface area contributed by atoms with E-state index in [9.17, 15) is 0 Å². The van der Waals surface area contributed by atoms with Crippen LogP contribution in [0.25, 0.3) is 0 Å². The minimum absolute atomic E-state index is 0.700. The van der Waals surface area contributed by atoms with Crippen LogP contribution in [0.5, 0.6) is 0 Å². The molecule has 1 aliphatic carbocycles. The molecule has 0 aromatic rings. The van der Waals surface area contributed by atoms with E-state index in [-0.39, 0.29) is 0 Å². The molecular formula is C14H27N. The number of likely N-dealkylation sites (tertiary alicyclic amines) is 1. The largest absolute Gasteiger partial charge is 0.306 e. The van der Waals surface area contributed by atoms with Crippen molar-refractivity contribution in [3.8, 4) is 0 Å². The number of rotatable bonds is 0. The maximum atomic E-state index is 2.59. The third-order valence-electron chi connectivity index (χ3n) is 4.73. The van der Waals surface area contributed by atoms with E-state index in [1.54, 1.807) is 0 Å². The minimum Gasteiger partial charge on any atom is -0.306 e. The molecule has 1 heteroatoms. The van der Waals surface area contributed by atoms with Crippen LogP contribution in [0.2, 0.25) is 0 Å². The van der Waals surface area contributed by atoms with E-state index in [1.165, 1.54) is 51.6 Å². The highest BCUT2D eigenvalue weighted by Gasteiger charge is 2.36. The van der Waals surface area contributed by atoms with E-state index in [4.69, 9.17) is 0 Å². The van der Waals surface area contributed by atoms with Gasteiger partial charge in [0.25, 0.3) is 0 Å². The van der Waals surface area contributed by atoms with Crippen molar-refractivity contribution in [3.05, 3.63) is 0 Å². The lowest BCUT2D eigenvalue weighted by molar-refractivity contribution is 0.107. The predicted octanol–water partition coefficient (Wildman–Crippen LogP) is 3.54.